The van der Waals surface area contributed by atoms with Crippen molar-refractivity contribution in [3.8, 4) is 11.3 Å². The van der Waals surface area contributed by atoms with Gasteiger partial charge in [-0.1, -0.05) is 37.6 Å². The molecule has 0 aliphatic heterocycles. The summed E-state index contributed by atoms with van der Waals surface area (Å²) >= 11 is 0. The average Bonchev–Trinajstić information content (AvgIpc) is 3.12. The normalized spacial score (nSPS) is 15.2. The maximum absolute atomic E-state index is 6.37. The van der Waals surface area contributed by atoms with Gasteiger partial charge in [-0.25, -0.2) is 4.98 Å². The van der Waals surface area contributed by atoms with E-state index in [2.05, 4.69) is 49.6 Å². The number of hydrogen-bond donors (Lipinski definition) is 1. The largest absolute Gasteiger partial charge is 0.383 e. The monoisotopic (exact) mass is 255 g/mol. The molecule has 0 saturated heterocycles. The quantitative estimate of drug-likeness (QED) is 0.904. The summed E-state index contributed by atoms with van der Waals surface area (Å²) in [6.45, 7) is 6.46. The molecule has 1 aromatic heterocycles. The number of nitrogen functional groups attached to an aromatic ring is 1. The maximum Gasteiger partial charge on any atom is 0.132 e. The van der Waals surface area contributed by atoms with Crippen molar-refractivity contribution in [3.05, 3.63) is 35.7 Å². The van der Waals surface area contributed by atoms with Crippen molar-refractivity contribution in [1.29, 1.82) is 0 Å². The van der Waals surface area contributed by atoms with Gasteiger partial charge in [-0.05, 0) is 25.8 Å². The van der Waals surface area contributed by atoms with Crippen LogP contribution in [0.2, 0.25) is 0 Å². The van der Waals surface area contributed by atoms with Gasteiger partial charge in [0.1, 0.15) is 17.3 Å². The van der Waals surface area contributed by atoms with Gasteiger partial charge in [0.25, 0.3) is 0 Å². The number of anilines is 1. The van der Waals surface area contributed by atoms with Gasteiger partial charge < -0.3 is 10.3 Å². The van der Waals surface area contributed by atoms with E-state index in [0.717, 1.165) is 22.9 Å². The Bertz CT molecular complexity index is 606. The summed E-state index contributed by atoms with van der Waals surface area (Å²) in [6.07, 6.45) is 2.46. The molecule has 3 rings (SSSR count). The molecule has 19 heavy (non-hydrogen) atoms. The van der Waals surface area contributed by atoms with Crippen molar-refractivity contribution in [2.24, 2.45) is 0 Å². The van der Waals surface area contributed by atoms with Crippen molar-refractivity contribution in [1.82, 2.24) is 9.55 Å². The summed E-state index contributed by atoms with van der Waals surface area (Å²) in [5.74, 6) is 2.36. The van der Waals surface area contributed by atoms with Crippen LogP contribution in [0, 0.1) is 6.92 Å². The lowest BCUT2D eigenvalue weighted by Crippen LogP contribution is -2.06. The van der Waals surface area contributed by atoms with Crippen LogP contribution in [0.25, 0.3) is 11.3 Å². The van der Waals surface area contributed by atoms with E-state index in [1.54, 1.807) is 0 Å². The van der Waals surface area contributed by atoms with Crippen LogP contribution in [0.1, 0.15) is 50.0 Å². The Hall–Kier alpha value is -1.77. The number of aromatic nitrogens is 2. The number of rotatable bonds is 3. The predicted octanol–water partition coefficient (Wildman–Crippen LogP) is 3.90. The average molecular weight is 255 g/mol. The summed E-state index contributed by atoms with van der Waals surface area (Å²) in [4.78, 5) is 4.82. The van der Waals surface area contributed by atoms with Gasteiger partial charge in [-0.3, -0.25) is 0 Å². The second kappa shape index (κ2) is 4.41. The SMILES string of the molecule is Cc1cccc(-c2nc(C(C)C)n(C3CC3)c2N)c1. The minimum absolute atomic E-state index is 0.404. The van der Waals surface area contributed by atoms with Crippen LogP contribution in [0.3, 0.4) is 0 Å². The zero-order valence-corrected chi connectivity index (χ0v) is 11.9. The molecule has 0 unspecified atom stereocenters. The van der Waals surface area contributed by atoms with E-state index in [-0.39, 0.29) is 0 Å². The number of hydrogen-bond acceptors (Lipinski definition) is 2. The second-order valence-corrected chi connectivity index (χ2v) is 5.83. The molecule has 1 aromatic carbocycles. The fourth-order valence-corrected chi connectivity index (χ4v) is 2.59. The van der Waals surface area contributed by atoms with Crippen LogP contribution in [0.5, 0.6) is 0 Å². The summed E-state index contributed by atoms with van der Waals surface area (Å²) in [5.41, 5.74) is 9.67. The number of nitrogens with two attached hydrogens (primary N) is 1. The molecular formula is C16H21N3. The van der Waals surface area contributed by atoms with E-state index in [9.17, 15) is 0 Å². The van der Waals surface area contributed by atoms with Gasteiger partial charge in [-0.15, -0.1) is 0 Å². The smallest absolute Gasteiger partial charge is 0.132 e. The first-order chi connectivity index (χ1) is 9.08. The predicted molar refractivity (Wildman–Crippen MR) is 79.2 cm³/mol. The third kappa shape index (κ3) is 2.14. The molecule has 2 aromatic rings. The van der Waals surface area contributed by atoms with Crippen molar-refractivity contribution < 1.29 is 0 Å². The topological polar surface area (TPSA) is 43.8 Å². The van der Waals surface area contributed by atoms with E-state index in [1.807, 2.05) is 0 Å². The highest BCUT2D eigenvalue weighted by atomic mass is 15.2. The molecule has 0 radical (unpaired) electrons. The molecule has 0 bridgehead atoms. The van der Waals surface area contributed by atoms with Gasteiger partial charge >= 0.3 is 0 Å². The molecule has 1 heterocycles. The third-order valence-corrected chi connectivity index (χ3v) is 3.70. The van der Waals surface area contributed by atoms with Crippen molar-refractivity contribution in [3.63, 3.8) is 0 Å². The molecule has 1 aliphatic carbocycles. The summed E-state index contributed by atoms with van der Waals surface area (Å²) in [6, 6.07) is 8.98. The van der Waals surface area contributed by atoms with E-state index in [1.165, 1.54) is 18.4 Å². The minimum Gasteiger partial charge on any atom is -0.383 e. The van der Waals surface area contributed by atoms with E-state index in [0.29, 0.717) is 12.0 Å². The first-order valence-electron chi connectivity index (χ1n) is 7.02. The van der Waals surface area contributed by atoms with Crippen LogP contribution < -0.4 is 5.73 Å². The summed E-state index contributed by atoms with van der Waals surface area (Å²) in [7, 11) is 0. The number of nitrogens with zero attached hydrogens (tertiary/aromatic N) is 2. The van der Waals surface area contributed by atoms with Gasteiger partial charge in [0.05, 0.1) is 0 Å². The minimum atomic E-state index is 0.404. The fourth-order valence-electron chi connectivity index (χ4n) is 2.59. The lowest BCUT2D eigenvalue weighted by molar-refractivity contribution is 0.646. The van der Waals surface area contributed by atoms with E-state index < -0.39 is 0 Å². The molecular weight excluding hydrogens is 234 g/mol. The summed E-state index contributed by atoms with van der Waals surface area (Å²) in [5, 5.41) is 0. The van der Waals surface area contributed by atoms with Gasteiger partial charge in [0, 0.05) is 17.5 Å². The standard InChI is InChI=1S/C16H21N3/c1-10(2)16-18-14(12-6-4-5-11(3)9-12)15(17)19(16)13-7-8-13/h4-6,9-10,13H,7-8,17H2,1-3H3. The van der Waals surface area contributed by atoms with Gasteiger partial charge in [0.2, 0.25) is 0 Å². The Morgan fingerprint density at radius 3 is 2.63 bits per heavy atom. The lowest BCUT2D eigenvalue weighted by atomic mass is 10.1. The number of imidazole rings is 1. The number of benzene rings is 1. The van der Waals surface area contributed by atoms with Gasteiger partial charge in [-0.2, -0.15) is 0 Å². The highest BCUT2D eigenvalue weighted by Gasteiger charge is 2.30. The second-order valence-electron chi connectivity index (χ2n) is 5.83. The Morgan fingerprint density at radius 2 is 2.05 bits per heavy atom. The molecule has 0 atom stereocenters. The molecule has 100 valence electrons. The lowest BCUT2D eigenvalue weighted by Gasteiger charge is -2.10. The zero-order chi connectivity index (χ0) is 13.6. The molecule has 0 amide bonds. The Morgan fingerprint density at radius 1 is 1.32 bits per heavy atom. The Balaban J connectivity index is 2.14. The molecule has 3 heteroatoms. The molecule has 1 fully saturated rings. The van der Waals surface area contributed by atoms with E-state index >= 15 is 0 Å². The van der Waals surface area contributed by atoms with Crippen molar-refractivity contribution in [2.75, 3.05) is 5.73 Å². The molecule has 1 aliphatic rings. The van der Waals surface area contributed by atoms with Crippen molar-refractivity contribution in [2.45, 2.75) is 45.6 Å². The van der Waals surface area contributed by atoms with Crippen LogP contribution in [-0.2, 0) is 0 Å². The van der Waals surface area contributed by atoms with E-state index in [4.69, 9.17) is 10.7 Å². The molecule has 1 saturated carbocycles. The van der Waals surface area contributed by atoms with Gasteiger partial charge in [0.15, 0.2) is 0 Å². The number of aryl methyl sites for hydroxylation is 1. The first-order valence-corrected chi connectivity index (χ1v) is 7.02. The van der Waals surface area contributed by atoms with Crippen LogP contribution in [0.4, 0.5) is 5.82 Å². The molecule has 3 nitrogen and oxygen atoms in total. The highest BCUT2D eigenvalue weighted by Crippen LogP contribution is 2.42. The zero-order valence-electron chi connectivity index (χ0n) is 11.9. The van der Waals surface area contributed by atoms with Crippen LogP contribution >= 0.6 is 0 Å². The Kier molecular flexibility index (Phi) is 2.85. The van der Waals surface area contributed by atoms with Crippen molar-refractivity contribution >= 4 is 5.82 Å². The highest BCUT2D eigenvalue weighted by molar-refractivity contribution is 5.71. The molecule has 2 N–H and O–H groups in total. The first kappa shape index (κ1) is 12.3. The molecule has 0 spiro atoms. The van der Waals surface area contributed by atoms with Crippen LogP contribution in [0.15, 0.2) is 24.3 Å². The van der Waals surface area contributed by atoms with Crippen LogP contribution in [-0.4, -0.2) is 9.55 Å². The maximum atomic E-state index is 6.37. The Labute approximate surface area is 114 Å². The fraction of sp³-hybridized carbons (Fsp3) is 0.438. The summed E-state index contributed by atoms with van der Waals surface area (Å²) < 4.78 is 2.25. The third-order valence-electron chi connectivity index (χ3n) is 3.70.